The van der Waals surface area contributed by atoms with Gasteiger partial charge in [0.25, 0.3) is 0 Å². The van der Waals surface area contributed by atoms with Crippen LogP contribution in [0.15, 0.2) is 44.9 Å². The molecule has 1 aliphatic rings. The number of benzene rings is 1. The fourth-order valence-electron chi connectivity index (χ4n) is 2.31. The number of aliphatic imine (C=N–C) groups is 1. The summed E-state index contributed by atoms with van der Waals surface area (Å²) < 4.78 is 8.49. The molecular weight excluding hydrogens is 292 g/mol. The fourth-order valence-corrected chi connectivity index (χ4v) is 2.46. The van der Waals surface area contributed by atoms with Crippen molar-refractivity contribution in [2.24, 2.45) is 4.99 Å². The van der Waals surface area contributed by atoms with Crippen LogP contribution in [0, 0.1) is 0 Å². The molecule has 1 aromatic heterocycles. The first-order valence-corrected chi connectivity index (χ1v) is 6.61. The largest absolute Gasteiger partial charge is 0.487 e. The first kappa shape index (κ1) is 13.5. The zero-order chi connectivity index (χ0) is 15.1. The Morgan fingerprint density at radius 1 is 1.24 bits per heavy atom. The second-order valence-corrected chi connectivity index (χ2v) is 4.87. The molecule has 1 atom stereocenters. The highest BCUT2D eigenvalue weighted by Crippen LogP contribution is 2.16. The first-order chi connectivity index (χ1) is 10.1. The highest BCUT2D eigenvalue weighted by Gasteiger charge is 2.32. The fraction of sp³-hybridized carbons (Fsp3) is 0.231. The van der Waals surface area contributed by atoms with Crippen molar-refractivity contribution in [3.63, 3.8) is 0 Å². The van der Waals surface area contributed by atoms with Crippen LogP contribution < -0.4 is 11.4 Å². The van der Waals surface area contributed by atoms with E-state index >= 15 is 0 Å². The summed E-state index contributed by atoms with van der Waals surface area (Å²) in [6, 6.07) is 8.70. The third-order valence-corrected chi connectivity index (χ3v) is 3.63. The predicted molar refractivity (Wildman–Crippen MR) is 81.4 cm³/mol. The van der Waals surface area contributed by atoms with Gasteiger partial charge in [0.05, 0.1) is 12.8 Å². The van der Waals surface area contributed by atoms with E-state index in [9.17, 15) is 9.59 Å². The molecular formula is C13H12N4O3S. The molecule has 2 aromatic rings. The summed E-state index contributed by atoms with van der Waals surface area (Å²) >= 11 is 5.06. The normalized spacial score (nSPS) is 16.5. The van der Waals surface area contributed by atoms with E-state index in [2.05, 4.69) is 4.99 Å². The van der Waals surface area contributed by atoms with Gasteiger partial charge < -0.3 is 4.74 Å². The summed E-state index contributed by atoms with van der Waals surface area (Å²) in [5, 5.41) is 0.132. The number of ether oxygens (including phenoxy) is 1. The second kappa shape index (κ2) is 4.81. The lowest BCUT2D eigenvalue weighted by Crippen LogP contribution is -2.31. The number of methoxy groups -OCH3 is 1. The number of thiocarbonyl (C=S) groups is 1. The molecule has 0 saturated heterocycles. The van der Waals surface area contributed by atoms with Gasteiger partial charge in [-0.05, 0) is 31.3 Å². The summed E-state index contributed by atoms with van der Waals surface area (Å²) in [6.07, 6.45) is -0.796. The van der Waals surface area contributed by atoms with E-state index in [0.29, 0.717) is 11.5 Å². The van der Waals surface area contributed by atoms with Gasteiger partial charge in [-0.2, -0.15) is 9.36 Å². The Kier molecular flexibility index (Phi) is 3.09. The monoisotopic (exact) mass is 304 g/mol. The molecule has 1 aliphatic heterocycles. The van der Waals surface area contributed by atoms with Gasteiger partial charge in [0.2, 0.25) is 11.2 Å². The number of hydrogen-bond acceptors (Lipinski definition) is 5. The quantitative estimate of drug-likeness (QED) is 0.760. The highest BCUT2D eigenvalue weighted by atomic mass is 32.1. The zero-order valence-electron chi connectivity index (χ0n) is 11.4. The van der Waals surface area contributed by atoms with Crippen LogP contribution in [0.25, 0.3) is 5.69 Å². The molecule has 0 spiro atoms. The van der Waals surface area contributed by atoms with Gasteiger partial charge >= 0.3 is 11.4 Å². The summed E-state index contributed by atoms with van der Waals surface area (Å²) in [7, 11) is 1.41. The summed E-state index contributed by atoms with van der Waals surface area (Å²) in [5.74, 6) is 0.399. The van der Waals surface area contributed by atoms with Crippen LogP contribution >= 0.6 is 12.2 Å². The SMILES string of the molecule is COC(=S)C1N=C(C)n2c(=O)n(-c3ccccc3)c(=O)n21. The molecule has 1 unspecified atom stereocenters. The molecule has 0 bridgehead atoms. The number of fused-ring (bicyclic) bond motifs is 1. The predicted octanol–water partition coefficient (Wildman–Crippen LogP) is 0.553. The number of hydrogen-bond donors (Lipinski definition) is 0. The van der Waals surface area contributed by atoms with E-state index in [4.69, 9.17) is 17.0 Å². The molecule has 0 amide bonds. The Labute approximate surface area is 124 Å². The molecule has 1 aromatic carbocycles. The molecule has 21 heavy (non-hydrogen) atoms. The maximum absolute atomic E-state index is 12.6. The Balaban J connectivity index is 2.29. The van der Waals surface area contributed by atoms with Crippen molar-refractivity contribution in [1.29, 1.82) is 0 Å². The third kappa shape index (κ3) is 1.87. The minimum atomic E-state index is -0.796. The van der Waals surface area contributed by atoms with Gasteiger partial charge in [0.15, 0.2) is 0 Å². The average Bonchev–Trinajstić information content (AvgIpc) is 2.97. The van der Waals surface area contributed by atoms with Crippen molar-refractivity contribution in [1.82, 2.24) is 13.9 Å². The van der Waals surface area contributed by atoms with Crippen molar-refractivity contribution >= 4 is 23.1 Å². The van der Waals surface area contributed by atoms with Gasteiger partial charge in [-0.3, -0.25) is 0 Å². The Morgan fingerprint density at radius 2 is 1.90 bits per heavy atom. The highest BCUT2D eigenvalue weighted by molar-refractivity contribution is 7.80. The van der Waals surface area contributed by atoms with Crippen LogP contribution in [-0.4, -0.2) is 31.9 Å². The lowest BCUT2D eigenvalue weighted by atomic mass is 10.3. The van der Waals surface area contributed by atoms with Crippen LogP contribution in [0.4, 0.5) is 0 Å². The van der Waals surface area contributed by atoms with Crippen molar-refractivity contribution in [2.75, 3.05) is 7.11 Å². The first-order valence-electron chi connectivity index (χ1n) is 6.21. The molecule has 0 N–H and O–H groups in total. The van der Waals surface area contributed by atoms with Crippen LogP contribution in [0.1, 0.15) is 13.1 Å². The van der Waals surface area contributed by atoms with Crippen LogP contribution in [0.5, 0.6) is 0 Å². The number of para-hydroxylation sites is 1. The van der Waals surface area contributed by atoms with Gasteiger partial charge in [0.1, 0.15) is 5.84 Å². The average molecular weight is 304 g/mol. The summed E-state index contributed by atoms with van der Waals surface area (Å²) in [6.45, 7) is 1.64. The van der Waals surface area contributed by atoms with Crippen molar-refractivity contribution < 1.29 is 4.74 Å². The minimum Gasteiger partial charge on any atom is -0.487 e. The summed E-state index contributed by atoms with van der Waals surface area (Å²) in [4.78, 5) is 29.3. The minimum absolute atomic E-state index is 0.132. The second-order valence-electron chi connectivity index (χ2n) is 4.47. The lowest BCUT2D eigenvalue weighted by Gasteiger charge is -2.08. The number of nitrogens with zero attached hydrogens (tertiary/aromatic N) is 4. The molecule has 2 heterocycles. The number of rotatable bonds is 2. The van der Waals surface area contributed by atoms with E-state index in [-0.39, 0.29) is 5.05 Å². The molecule has 0 aliphatic carbocycles. The van der Waals surface area contributed by atoms with Crippen LogP contribution in [0.2, 0.25) is 0 Å². The van der Waals surface area contributed by atoms with E-state index in [0.717, 1.165) is 4.57 Å². The zero-order valence-corrected chi connectivity index (χ0v) is 12.2. The van der Waals surface area contributed by atoms with Gasteiger partial charge in [0, 0.05) is 0 Å². The van der Waals surface area contributed by atoms with Crippen LogP contribution in [-0.2, 0) is 4.74 Å². The molecule has 0 fully saturated rings. The maximum Gasteiger partial charge on any atom is 0.357 e. The number of aromatic nitrogens is 3. The molecule has 8 heteroatoms. The Bertz CT molecular complexity index is 860. The van der Waals surface area contributed by atoms with Gasteiger partial charge in [-0.25, -0.2) is 19.1 Å². The van der Waals surface area contributed by atoms with Crippen molar-refractivity contribution in [3.8, 4) is 5.69 Å². The molecule has 108 valence electrons. The van der Waals surface area contributed by atoms with Crippen LogP contribution in [0.3, 0.4) is 0 Å². The smallest absolute Gasteiger partial charge is 0.357 e. The van der Waals surface area contributed by atoms with Crippen molar-refractivity contribution in [3.05, 3.63) is 51.3 Å². The molecule has 3 rings (SSSR count). The van der Waals surface area contributed by atoms with E-state index in [1.807, 2.05) is 6.07 Å². The molecule has 0 radical (unpaired) electrons. The standard InChI is InChI=1S/C13H12N4O3S/c1-8-14-10(11(21)20-2)17-13(19)15(12(18)16(8)17)9-6-4-3-5-7-9/h3-7,10H,1-2H3. The topological polar surface area (TPSA) is 70.5 Å². The van der Waals surface area contributed by atoms with Gasteiger partial charge in [-0.1, -0.05) is 18.2 Å². The molecule has 0 saturated carbocycles. The lowest BCUT2D eigenvalue weighted by molar-refractivity contribution is 0.370. The van der Waals surface area contributed by atoms with Gasteiger partial charge in [-0.15, -0.1) is 0 Å². The maximum atomic E-state index is 12.6. The van der Waals surface area contributed by atoms with E-state index in [1.54, 1.807) is 31.2 Å². The Morgan fingerprint density at radius 3 is 2.52 bits per heavy atom. The van der Waals surface area contributed by atoms with E-state index < -0.39 is 17.5 Å². The van der Waals surface area contributed by atoms with E-state index in [1.165, 1.54) is 16.5 Å². The van der Waals surface area contributed by atoms with Crippen molar-refractivity contribution in [2.45, 2.75) is 13.1 Å². The Hall–Kier alpha value is -2.48. The summed E-state index contributed by atoms with van der Waals surface area (Å²) in [5.41, 5.74) is -0.484. The third-order valence-electron chi connectivity index (χ3n) is 3.25. The molecule has 7 nitrogen and oxygen atoms in total.